The maximum Gasteiger partial charge on any atom is 0.244 e. The van der Waals surface area contributed by atoms with E-state index >= 15 is 0 Å². The van der Waals surface area contributed by atoms with E-state index in [4.69, 9.17) is 5.73 Å². The first-order valence-electron chi connectivity index (χ1n) is 4.33. The summed E-state index contributed by atoms with van der Waals surface area (Å²) < 4.78 is 25.9. The summed E-state index contributed by atoms with van der Waals surface area (Å²) in [5, 5.41) is 0. The molecule has 82 valence electrons. The van der Waals surface area contributed by atoms with Crippen LogP contribution in [0.2, 0.25) is 0 Å². The number of anilines is 1. The summed E-state index contributed by atoms with van der Waals surface area (Å²) in [5.74, 6) is -0.0127. The molecule has 6 heteroatoms. The smallest absolute Gasteiger partial charge is 0.244 e. The molecule has 3 N–H and O–H groups in total. The van der Waals surface area contributed by atoms with Crippen molar-refractivity contribution in [3.05, 3.63) is 31.0 Å². The number of nitrogens with one attached hydrogen (secondary N) is 1. The molecule has 1 heterocycles. The van der Waals surface area contributed by atoms with Gasteiger partial charge in [0.15, 0.2) is 0 Å². The summed E-state index contributed by atoms with van der Waals surface area (Å²) in [7, 11) is -3.61. The van der Waals surface area contributed by atoms with Crippen LogP contribution in [0, 0.1) is 0 Å². The maximum absolute atomic E-state index is 11.7. The molecule has 0 saturated heterocycles. The minimum Gasteiger partial charge on any atom is -0.383 e. The van der Waals surface area contributed by atoms with Gasteiger partial charge in [0.05, 0.1) is 0 Å². The highest BCUT2D eigenvalue weighted by molar-refractivity contribution is 7.89. The van der Waals surface area contributed by atoms with Crippen molar-refractivity contribution < 1.29 is 8.42 Å². The number of aromatic nitrogens is 1. The van der Waals surface area contributed by atoms with Crippen LogP contribution in [0.3, 0.4) is 0 Å². The summed E-state index contributed by atoms with van der Waals surface area (Å²) >= 11 is 0. The van der Waals surface area contributed by atoms with Gasteiger partial charge in [-0.05, 0) is 19.1 Å². The molecule has 5 nitrogen and oxygen atoms in total. The van der Waals surface area contributed by atoms with E-state index in [1.54, 1.807) is 6.92 Å². The zero-order chi connectivity index (χ0) is 11.5. The number of hydrogen-bond donors (Lipinski definition) is 2. The van der Waals surface area contributed by atoms with Crippen molar-refractivity contribution in [3.63, 3.8) is 0 Å². The SMILES string of the molecule is C=CC(C)NS(=O)(=O)c1cccnc1N. The van der Waals surface area contributed by atoms with Crippen molar-refractivity contribution in [1.29, 1.82) is 0 Å². The first kappa shape index (κ1) is 11.7. The van der Waals surface area contributed by atoms with Crippen molar-refractivity contribution in [1.82, 2.24) is 9.71 Å². The molecule has 0 aliphatic carbocycles. The summed E-state index contributed by atoms with van der Waals surface area (Å²) in [5.41, 5.74) is 5.47. The number of nitrogens with two attached hydrogens (primary N) is 1. The number of hydrogen-bond acceptors (Lipinski definition) is 4. The molecular formula is C9H13N3O2S. The average Bonchev–Trinajstić information content (AvgIpc) is 2.17. The molecule has 0 saturated carbocycles. The van der Waals surface area contributed by atoms with E-state index in [2.05, 4.69) is 16.3 Å². The van der Waals surface area contributed by atoms with Crippen LogP contribution in [-0.2, 0) is 10.0 Å². The Morgan fingerprint density at radius 1 is 1.67 bits per heavy atom. The molecule has 0 fully saturated rings. The third kappa shape index (κ3) is 2.77. The van der Waals surface area contributed by atoms with E-state index in [1.807, 2.05) is 0 Å². The fourth-order valence-corrected chi connectivity index (χ4v) is 2.28. The highest BCUT2D eigenvalue weighted by Gasteiger charge is 2.18. The van der Waals surface area contributed by atoms with Crippen LogP contribution in [0.15, 0.2) is 35.9 Å². The van der Waals surface area contributed by atoms with Crippen molar-refractivity contribution in [2.24, 2.45) is 0 Å². The molecule has 1 unspecified atom stereocenters. The Hall–Kier alpha value is -1.40. The van der Waals surface area contributed by atoms with Crippen LogP contribution in [-0.4, -0.2) is 19.4 Å². The average molecular weight is 227 g/mol. The van der Waals surface area contributed by atoms with Gasteiger partial charge in [0.1, 0.15) is 10.7 Å². The molecule has 1 aromatic rings. The molecule has 1 atom stereocenters. The molecule has 0 amide bonds. The summed E-state index contributed by atoms with van der Waals surface area (Å²) in [4.78, 5) is 3.70. The number of nitrogens with zero attached hydrogens (tertiary/aromatic N) is 1. The van der Waals surface area contributed by atoms with Gasteiger partial charge in [-0.3, -0.25) is 0 Å². The second-order valence-corrected chi connectivity index (χ2v) is 4.71. The molecule has 0 spiro atoms. The van der Waals surface area contributed by atoms with Crippen LogP contribution in [0.1, 0.15) is 6.92 Å². The highest BCUT2D eigenvalue weighted by atomic mass is 32.2. The van der Waals surface area contributed by atoms with E-state index in [0.29, 0.717) is 0 Å². The lowest BCUT2D eigenvalue weighted by Crippen LogP contribution is -2.31. The fraction of sp³-hybridized carbons (Fsp3) is 0.222. The summed E-state index contributed by atoms with van der Waals surface area (Å²) in [6.45, 7) is 5.16. The number of sulfonamides is 1. The molecule has 0 aliphatic heterocycles. The molecule has 0 aliphatic rings. The Kier molecular flexibility index (Phi) is 3.43. The van der Waals surface area contributed by atoms with Gasteiger partial charge in [-0.15, -0.1) is 6.58 Å². The minimum absolute atomic E-state index is 0.0127. The quantitative estimate of drug-likeness (QED) is 0.734. The van der Waals surface area contributed by atoms with Gasteiger partial charge in [0.25, 0.3) is 0 Å². The lowest BCUT2D eigenvalue weighted by Gasteiger charge is -2.10. The zero-order valence-corrected chi connectivity index (χ0v) is 9.16. The Morgan fingerprint density at radius 2 is 2.33 bits per heavy atom. The van der Waals surface area contributed by atoms with Crippen LogP contribution in [0.25, 0.3) is 0 Å². The van der Waals surface area contributed by atoms with Crippen LogP contribution in [0.4, 0.5) is 5.82 Å². The normalized spacial score (nSPS) is 13.4. The van der Waals surface area contributed by atoms with Crippen LogP contribution >= 0.6 is 0 Å². The number of rotatable bonds is 4. The zero-order valence-electron chi connectivity index (χ0n) is 8.34. The van der Waals surface area contributed by atoms with E-state index in [1.165, 1.54) is 24.4 Å². The van der Waals surface area contributed by atoms with Crippen molar-refractivity contribution >= 4 is 15.8 Å². The topological polar surface area (TPSA) is 85.1 Å². The molecular weight excluding hydrogens is 214 g/mol. The van der Waals surface area contributed by atoms with Crippen LogP contribution < -0.4 is 10.5 Å². The van der Waals surface area contributed by atoms with Crippen molar-refractivity contribution in [2.75, 3.05) is 5.73 Å². The van der Waals surface area contributed by atoms with Gasteiger partial charge in [-0.1, -0.05) is 6.08 Å². The van der Waals surface area contributed by atoms with Crippen LogP contribution in [0.5, 0.6) is 0 Å². The Bertz CT molecular complexity index is 456. The number of pyridine rings is 1. The molecule has 0 aromatic carbocycles. The minimum atomic E-state index is -3.61. The van der Waals surface area contributed by atoms with E-state index in [-0.39, 0.29) is 16.8 Å². The van der Waals surface area contributed by atoms with E-state index in [9.17, 15) is 8.42 Å². The Morgan fingerprint density at radius 3 is 2.87 bits per heavy atom. The molecule has 15 heavy (non-hydrogen) atoms. The molecule has 1 rings (SSSR count). The van der Waals surface area contributed by atoms with Gasteiger partial charge in [0.2, 0.25) is 10.0 Å². The molecule has 0 radical (unpaired) electrons. The standard InChI is InChI=1S/C9H13N3O2S/c1-3-7(2)12-15(13,14)8-5-4-6-11-9(8)10/h3-7,12H,1H2,2H3,(H2,10,11). The molecule has 1 aromatic heterocycles. The third-order valence-corrected chi connectivity index (χ3v) is 3.39. The fourth-order valence-electron chi connectivity index (χ4n) is 0.986. The van der Waals surface area contributed by atoms with Crippen molar-refractivity contribution in [2.45, 2.75) is 17.9 Å². The molecule has 0 bridgehead atoms. The van der Waals surface area contributed by atoms with Gasteiger partial charge < -0.3 is 5.73 Å². The summed E-state index contributed by atoms with van der Waals surface area (Å²) in [6, 6.07) is 2.57. The second-order valence-electron chi connectivity index (χ2n) is 3.03. The van der Waals surface area contributed by atoms with Gasteiger partial charge in [-0.2, -0.15) is 0 Å². The second kappa shape index (κ2) is 4.41. The third-order valence-electron chi connectivity index (χ3n) is 1.78. The first-order valence-corrected chi connectivity index (χ1v) is 5.81. The van der Waals surface area contributed by atoms with Gasteiger partial charge >= 0.3 is 0 Å². The van der Waals surface area contributed by atoms with E-state index in [0.717, 1.165) is 0 Å². The predicted octanol–water partition coefficient (Wildman–Crippen LogP) is 0.517. The largest absolute Gasteiger partial charge is 0.383 e. The maximum atomic E-state index is 11.7. The van der Waals surface area contributed by atoms with Crippen molar-refractivity contribution in [3.8, 4) is 0 Å². The monoisotopic (exact) mass is 227 g/mol. The first-order chi connectivity index (χ1) is 6.97. The lowest BCUT2D eigenvalue weighted by molar-refractivity contribution is 0.576. The summed E-state index contributed by atoms with van der Waals surface area (Å²) in [6.07, 6.45) is 2.93. The number of nitrogen functional groups attached to an aromatic ring is 1. The van der Waals surface area contributed by atoms with Gasteiger partial charge in [-0.25, -0.2) is 18.1 Å². The lowest BCUT2D eigenvalue weighted by atomic mass is 10.4. The predicted molar refractivity (Wildman–Crippen MR) is 58.6 cm³/mol. The van der Waals surface area contributed by atoms with E-state index < -0.39 is 10.0 Å². The Labute approximate surface area is 89.1 Å². The highest BCUT2D eigenvalue weighted by Crippen LogP contribution is 2.14. The van der Waals surface area contributed by atoms with Gasteiger partial charge in [0, 0.05) is 12.2 Å². The Balaban J connectivity index is 3.07.